The number of aromatic nitrogens is 3. The van der Waals surface area contributed by atoms with Crippen LogP contribution in [0.25, 0.3) is 10.9 Å². The Bertz CT molecular complexity index is 1060. The summed E-state index contributed by atoms with van der Waals surface area (Å²) in [6, 6.07) is 6.21. The average molecular weight is 408 g/mol. The van der Waals surface area contributed by atoms with Gasteiger partial charge >= 0.3 is 6.18 Å². The SMILES string of the molecule is Cc1nc(CN2CCCC2c2nc3ccccc3c(=O)n2CC(F)(F)F)cs1. The molecular weight excluding hydrogens is 389 g/mol. The number of thiazole rings is 1. The van der Waals surface area contributed by atoms with E-state index in [1.807, 2.05) is 12.3 Å². The van der Waals surface area contributed by atoms with E-state index in [-0.39, 0.29) is 17.3 Å². The quantitative estimate of drug-likeness (QED) is 0.653. The van der Waals surface area contributed by atoms with Crippen molar-refractivity contribution in [2.24, 2.45) is 0 Å². The molecule has 0 bridgehead atoms. The lowest BCUT2D eigenvalue weighted by Crippen LogP contribution is -2.35. The van der Waals surface area contributed by atoms with E-state index in [4.69, 9.17) is 0 Å². The number of fused-ring (bicyclic) bond motifs is 1. The molecule has 1 aliphatic heterocycles. The zero-order valence-electron chi connectivity index (χ0n) is 15.2. The minimum atomic E-state index is -4.50. The first kappa shape index (κ1) is 19.1. The Labute approximate surface area is 163 Å². The highest BCUT2D eigenvalue weighted by molar-refractivity contribution is 7.09. The van der Waals surface area contributed by atoms with E-state index in [1.54, 1.807) is 29.5 Å². The number of likely N-dealkylation sites (tertiary alicyclic amines) is 1. The van der Waals surface area contributed by atoms with Crippen LogP contribution in [0.5, 0.6) is 0 Å². The molecule has 0 radical (unpaired) electrons. The van der Waals surface area contributed by atoms with Crippen LogP contribution < -0.4 is 5.56 Å². The molecule has 5 nitrogen and oxygen atoms in total. The maximum absolute atomic E-state index is 13.2. The molecule has 1 aromatic carbocycles. The second-order valence-corrected chi connectivity index (χ2v) is 8.04. The monoisotopic (exact) mass is 408 g/mol. The molecule has 9 heteroatoms. The van der Waals surface area contributed by atoms with Crippen molar-refractivity contribution < 1.29 is 13.2 Å². The molecule has 0 N–H and O–H groups in total. The van der Waals surface area contributed by atoms with Crippen LogP contribution in [0.15, 0.2) is 34.4 Å². The van der Waals surface area contributed by atoms with Crippen molar-refractivity contribution in [1.29, 1.82) is 0 Å². The van der Waals surface area contributed by atoms with Crippen LogP contribution in [0.1, 0.15) is 35.4 Å². The highest BCUT2D eigenvalue weighted by Crippen LogP contribution is 2.33. The van der Waals surface area contributed by atoms with E-state index in [1.165, 1.54) is 6.07 Å². The highest BCUT2D eigenvalue weighted by Gasteiger charge is 2.35. The second kappa shape index (κ2) is 7.29. The van der Waals surface area contributed by atoms with Gasteiger partial charge in [-0.25, -0.2) is 9.97 Å². The van der Waals surface area contributed by atoms with E-state index in [0.717, 1.165) is 28.2 Å². The van der Waals surface area contributed by atoms with Gasteiger partial charge in [0, 0.05) is 11.9 Å². The molecular formula is C19H19F3N4OS. The lowest BCUT2D eigenvalue weighted by atomic mass is 10.1. The van der Waals surface area contributed by atoms with Crippen LogP contribution >= 0.6 is 11.3 Å². The molecule has 148 valence electrons. The normalized spacial score (nSPS) is 18.2. The first-order valence-corrected chi connectivity index (χ1v) is 9.91. The lowest BCUT2D eigenvalue weighted by Gasteiger charge is -2.26. The topological polar surface area (TPSA) is 51.0 Å². The standard InChI is InChI=1S/C19H19F3N4OS/c1-12-23-13(10-28-12)9-25-8-4-7-16(25)17-24-15-6-3-2-5-14(15)18(27)26(17)11-19(20,21)22/h2-3,5-6,10,16H,4,7-9,11H2,1H3. The Balaban J connectivity index is 1.79. The number of alkyl halides is 3. The fraction of sp³-hybridized carbons (Fsp3) is 0.421. The summed E-state index contributed by atoms with van der Waals surface area (Å²) in [5, 5.41) is 3.11. The molecule has 28 heavy (non-hydrogen) atoms. The average Bonchev–Trinajstić information content (AvgIpc) is 3.25. The molecule has 0 spiro atoms. The lowest BCUT2D eigenvalue weighted by molar-refractivity contribution is -0.142. The molecule has 4 rings (SSSR count). The van der Waals surface area contributed by atoms with Crippen molar-refractivity contribution in [3.63, 3.8) is 0 Å². The minimum absolute atomic E-state index is 0.186. The van der Waals surface area contributed by atoms with E-state index < -0.39 is 18.3 Å². The number of aryl methyl sites for hydroxylation is 1. The van der Waals surface area contributed by atoms with Gasteiger partial charge in [-0.1, -0.05) is 12.1 Å². The minimum Gasteiger partial charge on any atom is -0.288 e. The molecule has 1 aliphatic rings. The van der Waals surface area contributed by atoms with Crippen LogP contribution in [0.2, 0.25) is 0 Å². The fourth-order valence-electron chi connectivity index (χ4n) is 3.77. The first-order chi connectivity index (χ1) is 13.3. The molecule has 1 fully saturated rings. The third-order valence-electron chi connectivity index (χ3n) is 4.92. The number of hydrogen-bond acceptors (Lipinski definition) is 5. The number of rotatable bonds is 4. The Morgan fingerprint density at radius 1 is 1.25 bits per heavy atom. The molecule has 1 atom stereocenters. The Hall–Kier alpha value is -2.26. The van der Waals surface area contributed by atoms with Crippen LogP contribution in [0, 0.1) is 6.92 Å². The van der Waals surface area contributed by atoms with Gasteiger partial charge in [0.2, 0.25) is 0 Å². The first-order valence-electron chi connectivity index (χ1n) is 9.03. The Morgan fingerprint density at radius 2 is 2.04 bits per heavy atom. The molecule has 3 heterocycles. The van der Waals surface area contributed by atoms with Crippen LogP contribution in [0.3, 0.4) is 0 Å². The second-order valence-electron chi connectivity index (χ2n) is 6.98. The smallest absolute Gasteiger partial charge is 0.288 e. The van der Waals surface area contributed by atoms with Crippen molar-refractivity contribution in [2.45, 2.75) is 45.1 Å². The van der Waals surface area contributed by atoms with E-state index in [0.29, 0.717) is 18.5 Å². The summed E-state index contributed by atoms with van der Waals surface area (Å²) in [5.74, 6) is 0.186. The van der Waals surface area contributed by atoms with E-state index in [2.05, 4.69) is 14.9 Å². The van der Waals surface area contributed by atoms with Gasteiger partial charge in [0.05, 0.1) is 27.6 Å². The van der Waals surface area contributed by atoms with Gasteiger partial charge in [-0.15, -0.1) is 11.3 Å². The Morgan fingerprint density at radius 3 is 2.75 bits per heavy atom. The van der Waals surface area contributed by atoms with Crippen molar-refractivity contribution in [3.8, 4) is 0 Å². The van der Waals surface area contributed by atoms with Gasteiger partial charge in [-0.3, -0.25) is 14.3 Å². The third kappa shape index (κ3) is 3.81. The van der Waals surface area contributed by atoms with Crippen LogP contribution in [0.4, 0.5) is 13.2 Å². The zero-order chi connectivity index (χ0) is 19.9. The van der Waals surface area contributed by atoms with Gasteiger partial charge in [-0.2, -0.15) is 13.2 Å². The zero-order valence-corrected chi connectivity index (χ0v) is 16.1. The summed E-state index contributed by atoms with van der Waals surface area (Å²) in [6.07, 6.45) is -3.01. The molecule has 0 amide bonds. The summed E-state index contributed by atoms with van der Waals surface area (Å²) in [6.45, 7) is 1.85. The number of benzene rings is 1. The van der Waals surface area contributed by atoms with Gasteiger partial charge in [0.15, 0.2) is 0 Å². The summed E-state index contributed by atoms with van der Waals surface area (Å²) in [5.41, 5.74) is 0.673. The third-order valence-corrected chi connectivity index (χ3v) is 5.74. The van der Waals surface area contributed by atoms with Gasteiger partial charge in [0.1, 0.15) is 12.4 Å². The summed E-state index contributed by atoms with van der Waals surface area (Å²) < 4.78 is 40.5. The van der Waals surface area contributed by atoms with E-state index >= 15 is 0 Å². The number of halogens is 3. The summed E-state index contributed by atoms with van der Waals surface area (Å²) >= 11 is 1.54. The largest absolute Gasteiger partial charge is 0.406 e. The summed E-state index contributed by atoms with van der Waals surface area (Å²) in [7, 11) is 0. The maximum atomic E-state index is 13.2. The highest BCUT2D eigenvalue weighted by atomic mass is 32.1. The van der Waals surface area contributed by atoms with Gasteiger partial charge in [0.25, 0.3) is 5.56 Å². The fourth-order valence-corrected chi connectivity index (χ4v) is 4.37. The molecule has 0 saturated carbocycles. The van der Waals surface area contributed by atoms with Crippen molar-refractivity contribution in [1.82, 2.24) is 19.4 Å². The number of nitrogens with zero attached hydrogens (tertiary/aromatic N) is 4. The van der Waals surface area contributed by atoms with Gasteiger partial charge in [-0.05, 0) is 38.4 Å². The van der Waals surface area contributed by atoms with Crippen LogP contribution in [-0.2, 0) is 13.1 Å². The molecule has 0 aliphatic carbocycles. The molecule has 1 unspecified atom stereocenters. The van der Waals surface area contributed by atoms with Crippen molar-refractivity contribution in [3.05, 3.63) is 56.5 Å². The predicted molar refractivity (Wildman–Crippen MR) is 101 cm³/mol. The van der Waals surface area contributed by atoms with Crippen molar-refractivity contribution in [2.75, 3.05) is 6.54 Å². The Kier molecular flexibility index (Phi) is 4.96. The molecule has 3 aromatic rings. The van der Waals surface area contributed by atoms with Gasteiger partial charge < -0.3 is 0 Å². The molecule has 1 saturated heterocycles. The number of hydrogen-bond donors (Lipinski definition) is 0. The maximum Gasteiger partial charge on any atom is 0.406 e. The summed E-state index contributed by atoms with van der Waals surface area (Å²) in [4.78, 5) is 23.9. The molecule has 2 aromatic heterocycles. The predicted octanol–water partition coefficient (Wildman–Crippen LogP) is 4.06. The number of para-hydroxylation sites is 1. The van der Waals surface area contributed by atoms with E-state index in [9.17, 15) is 18.0 Å². The van der Waals surface area contributed by atoms with Crippen LogP contribution in [-0.4, -0.2) is 32.2 Å². The van der Waals surface area contributed by atoms with Crippen molar-refractivity contribution >= 4 is 22.2 Å².